The topological polar surface area (TPSA) is 8.17 Å². The molecule has 0 aliphatic heterocycles. The highest BCUT2D eigenvalue weighted by Crippen LogP contribution is 2.44. The van der Waals surface area contributed by atoms with Crippen molar-refractivity contribution in [3.63, 3.8) is 0 Å². The molecule has 0 N–H and O–H groups in total. The largest absolute Gasteiger partial charge is 0.310 e. The summed E-state index contributed by atoms with van der Waals surface area (Å²) < 4.78 is 2.48. The van der Waals surface area contributed by atoms with E-state index in [-0.39, 0.29) is 0 Å². The lowest BCUT2D eigenvalue weighted by molar-refractivity contribution is 0.968. The van der Waals surface area contributed by atoms with E-state index >= 15 is 0 Å². The molecule has 60 heavy (non-hydrogen) atoms. The molecule has 0 amide bonds. The fraction of sp³-hybridized carbons (Fsp3) is 0.0345. The Morgan fingerprint density at radius 1 is 0.400 bits per heavy atom. The van der Waals surface area contributed by atoms with Gasteiger partial charge in [0, 0.05) is 33.6 Å². The van der Waals surface area contributed by atoms with E-state index in [0.717, 1.165) is 29.9 Å². The van der Waals surface area contributed by atoms with Crippen molar-refractivity contribution in [2.24, 2.45) is 0 Å². The first-order valence-corrected chi connectivity index (χ1v) is 20.9. The number of para-hydroxylation sites is 2. The van der Waals surface area contributed by atoms with Crippen LogP contribution in [0, 0.1) is 0 Å². The lowest BCUT2D eigenvalue weighted by Gasteiger charge is -2.28. The fourth-order valence-corrected chi connectivity index (χ4v) is 9.23. The highest BCUT2D eigenvalue weighted by molar-refractivity contribution is 6.01. The third-order valence-corrected chi connectivity index (χ3v) is 12.1. The van der Waals surface area contributed by atoms with Crippen LogP contribution in [0.1, 0.15) is 17.7 Å². The second-order valence-corrected chi connectivity index (χ2v) is 15.6. The number of allylic oxidation sites excluding steroid dienone is 1. The normalized spacial score (nSPS) is 12.1. The Labute approximate surface area is 351 Å². The molecule has 0 saturated carbocycles. The van der Waals surface area contributed by atoms with Crippen molar-refractivity contribution < 1.29 is 0 Å². The van der Waals surface area contributed by atoms with Gasteiger partial charge in [-0.05, 0) is 117 Å². The van der Waals surface area contributed by atoms with Gasteiger partial charge in [-0.2, -0.15) is 0 Å². The van der Waals surface area contributed by atoms with E-state index in [0.29, 0.717) is 0 Å². The van der Waals surface area contributed by atoms with Crippen molar-refractivity contribution in [1.29, 1.82) is 0 Å². The summed E-state index contributed by atoms with van der Waals surface area (Å²) in [7, 11) is 0. The van der Waals surface area contributed by atoms with Gasteiger partial charge < -0.3 is 9.47 Å². The van der Waals surface area contributed by atoms with E-state index in [1.54, 1.807) is 0 Å². The first-order valence-electron chi connectivity index (χ1n) is 20.9. The zero-order valence-corrected chi connectivity index (χ0v) is 33.2. The summed E-state index contributed by atoms with van der Waals surface area (Å²) in [5.41, 5.74) is 18.1. The first-order chi connectivity index (χ1) is 29.8. The molecule has 1 aromatic heterocycles. The van der Waals surface area contributed by atoms with Gasteiger partial charge in [-0.15, -0.1) is 0 Å². The van der Waals surface area contributed by atoms with Crippen LogP contribution < -0.4 is 4.90 Å². The SMILES string of the molecule is C1=Cc2c(c3ccccc3n2-c2ccc(-c3ccc(N(c4ccc(-c5ccccc5)cc4)c4ccccc4-c4cccc5ccccc45)cc3)cc2-c2ccccc2)CC1. The number of aromatic nitrogens is 1. The van der Waals surface area contributed by atoms with E-state index in [9.17, 15) is 0 Å². The second-order valence-electron chi connectivity index (χ2n) is 15.6. The van der Waals surface area contributed by atoms with Crippen molar-refractivity contribution in [2.75, 3.05) is 4.90 Å². The maximum atomic E-state index is 2.48. The lowest BCUT2D eigenvalue weighted by atomic mass is 9.95. The minimum Gasteiger partial charge on any atom is -0.310 e. The molecule has 1 aliphatic carbocycles. The quantitative estimate of drug-likeness (QED) is 0.150. The minimum absolute atomic E-state index is 1.06. The molecule has 1 heterocycles. The van der Waals surface area contributed by atoms with Gasteiger partial charge >= 0.3 is 0 Å². The molecule has 9 aromatic carbocycles. The van der Waals surface area contributed by atoms with Gasteiger partial charge in [0.1, 0.15) is 0 Å². The van der Waals surface area contributed by atoms with E-state index < -0.39 is 0 Å². The number of nitrogens with zero attached hydrogens (tertiary/aromatic N) is 2. The summed E-state index contributed by atoms with van der Waals surface area (Å²) in [6.07, 6.45) is 6.77. The first kappa shape index (κ1) is 35.5. The Morgan fingerprint density at radius 3 is 1.73 bits per heavy atom. The van der Waals surface area contributed by atoms with Gasteiger partial charge in [-0.3, -0.25) is 0 Å². The van der Waals surface area contributed by atoms with Crippen molar-refractivity contribution >= 4 is 44.8 Å². The minimum atomic E-state index is 1.06. The highest BCUT2D eigenvalue weighted by Gasteiger charge is 2.22. The van der Waals surface area contributed by atoms with E-state index in [1.807, 2.05) is 0 Å². The lowest BCUT2D eigenvalue weighted by Crippen LogP contribution is -2.11. The maximum absolute atomic E-state index is 2.48. The van der Waals surface area contributed by atoms with Gasteiger partial charge in [0.25, 0.3) is 0 Å². The van der Waals surface area contributed by atoms with Crippen LogP contribution in [0.15, 0.2) is 224 Å². The number of aryl methyl sites for hydroxylation is 1. The van der Waals surface area contributed by atoms with Crippen LogP contribution in [0.4, 0.5) is 17.1 Å². The Balaban J connectivity index is 1.04. The highest BCUT2D eigenvalue weighted by atomic mass is 15.1. The maximum Gasteiger partial charge on any atom is 0.0540 e. The Bertz CT molecular complexity index is 3170. The molecular formula is C58H42N2. The van der Waals surface area contributed by atoms with Gasteiger partial charge in [0.05, 0.1) is 16.9 Å². The van der Waals surface area contributed by atoms with Crippen LogP contribution >= 0.6 is 0 Å². The molecule has 1 aliphatic rings. The Kier molecular flexibility index (Phi) is 9.02. The molecule has 2 heteroatoms. The molecule has 2 nitrogen and oxygen atoms in total. The predicted octanol–water partition coefficient (Wildman–Crippen LogP) is 15.9. The Morgan fingerprint density at radius 2 is 0.967 bits per heavy atom. The molecule has 284 valence electrons. The van der Waals surface area contributed by atoms with Crippen molar-refractivity contribution in [3.8, 4) is 50.2 Å². The van der Waals surface area contributed by atoms with E-state index in [1.165, 1.54) is 83.1 Å². The van der Waals surface area contributed by atoms with Crippen LogP contribution in [0.5, 0.6) is 0 Å². The van der Waals surface area contributed by atoms with E-state index in [2.05, 4.69) is 240 Å². The smallest absolute Gasteiger partial charge is 0.0540 e. The van der Waals surface area contributed by atoms with Crippen LogP contribution in [0.25, 0.3) is 77.9 Å². The number of rotatable bonds is 8. The summed E-state index contributed by atoms with van der Waals surface area (Å²) in [6, 6.07) is 79.5. The van der Waals surface area contributed by atoms with Crippen LogP contribution in [-0.4, -0.2) is 4.57 Å². The number of hydrogen-bond donors (Lipinski definition) is 0. The van der Waals surface area contributed by atoms with Gasteiger partial charge in [-0.1, -0.05) is 176 Å². The number of fused-ring (bicyclic) bond motifs is 4. The molecule has 0 radical (unpaired) electrons. The van der Waals surface area contributed by atoms with Crippen molar-refractivity contribution in [2.45, 2.75) is 12.8 Å². The molecule has 0 fully saturated rings. The summed E-state index contributed by atoms with van der Waals surface area (Å²) in [4.78, 5) is 2.40. The molecule has 0 bridgehead atoms. The van der Waals surface area contributed by atoms with Crippen LogP contribution in [0.3, 0.4) is 0 Å². The standard InChI is InChI=1S/C58H42N2/c1-3-16-41(17-4-1)42-30-35-47(36-31-42)59(55-27-12-9-23-51(55)50-26-15-21-44-20-7-8-22-49(44)50)48-37-32-43(33-38-48)46-34-39-58(54(40-46)45-18-5-2-6-19-45)60-56-28-13-10-24-52(56)53-25-11-14-29-57(53)60/h1-10,12-24,26-40H,11,25H2. The third kappa shape index (κ3) is 6.31. The summed E-state index contributed by atoms with van der Waals surface area (Å²) in [6.45, 7) is 0. The van der Waals surface area contributed by atoms with Gasteiger partial charge in [0.2, 0.25) is 0 Å². The molecule has 0 unspecified atom stereocenters. The molecule has 0 saturated heterocycles. The average Bonchev–Trinajstić information content (AvgIpc) is 3.67. The van der Waals surface area contributed by atoms with Crippen molar-refractivity contribution in [1.82, 2.24) is 4.57 Å². The van der Waals surface area contributed by atoms with Crippen LogP contribution in [0.2, 0.25) is 0 Å². The summed E-state index contributed by atoms with van der Waals surface area (Å²) in [5, 5.41) is 3.82. The monoisotopic (exact) mass is 766 g/mol. The number of hydrogen-bond acceptors (Lipinski definition) is 1. The molecule has 0 atom stereocenters. The fourth-order valence-electron chi connectivity index (χ4n) is 9.23. The van der Waals surface area contributed by atoms with Gasteiger partial charge in [-0.25, -0.2) is 0 Å². The second kappa shape index (κ2) is 15.2. The number of benzene rings is 9. The summed E-state index contributed by atoms with van der Waals surface area (Å²) >= 11 is 0. The predicted molar refractivity (Wildman–Crippen MR) is 255 cm³/mol. The van der Waals surface area contributed by atoms with Gasteiger partial charge in [0.15, 0.2) is 0 Å². The molecule has 10 aromatic rings. The molecule has 11 rings (SSSR count). The Hall–Kier alpha value is -7.68. The molecule has 0 spiro atoms. The average molecular weight is 767 g/mol. The zero-order chi connectivity index (χ0) is 39.8. The van der Waals surface area contributed by atoms with Crippen molar-refractivity contribution in [3.05, 3.63) is 236 Å². The summed E-state index contributed by atoms with van der Waals surface area (Å²) in [5.74, 6) is 0. The number of anilines is 3. The van der Waals surface area contributed by atoms with E-state index in [4.69, 9.17) is 0 Å². The third-order valence-electron chi connectivity index (χ3n) is 12.1. The molecular weight excluding hydrogens is 725 g/mol. The zero-order valence-electron chi connectivity index (χ0n) is 33.2. The van der Waals surface area contributed by atoms with Crippen LogP contribution in [-0.2, 0) is 6.42 Å².